The Labute approximate surface area is 198 Å². The van der Waals surface area contributed by atoms with Crippen LogP contribution < -0.4 is 14.8 Å². The average Bonchev–Trinajstić information content (AvgIpc) is 3.26. The quantitative estimate of drug-likeness (QED) is 0.431. The summed E-state index contributed by atoms with van der Waals surface area (Å²) in [6.07, 6.45) is 2.46. The maximum Gasteiger partial charge on any atom is 0.266 e. The molecule has 2 aromatic carbocycles. The van der Waals surface area contributed by atoms with Gasteiger partial charge in [0.15, 0.2) is 11.5 Å². The van der Waals surface area contributed by atoms with Gasteiger partial charge in [-0.05, 0) is 48.4 Å². The van der Waals surface area contributed by atoms with E-state index in [-0.39, 0.29) is 25.0 Å². The number of anilines is 1. The fourth-order valence-electron chi connectivity index (χ4n) is 3.09. The fourth-order valence-corrected chi connectivity index (χ4v) is 4.93. The maximum absolute atomic E-state index is 12.8. The Kier molecular flexibility index (Phi) is 6.71. The van der Waals surface area contributed by atoms with Crippen LogP contribution in [0.3, 0.4) is 0 Å². The van der Waals surface area contributed by atoms with Gasteiger partial charge < -0.3 is 14.8 Å². The summed E-state index contributed by atoms with van der Waals surface area (Å²) in [4.78, 5) is 27.0. The maximum atomic E-state index is 12.8. The molecule has 160 valence electrons. The number of fused-ring (bicyclic) bond motifs is 1. The Morgan fingerprint density at radius 3 is 2.68 bits per heavy atom. The minimum atomic E-state index is -0.195. The summed E-state index contributed by atoms with van der Waals surface area (Å²) in [5.41, 5.74) is 1.35. The number of nitrogens with one attached hydrogen (secondary N) is 1. The zero-order chi connectivity index (χ0) is 22.0. The molecule has 6 nitrogen and oxygen atoms in total. The smallest absolute Gasteiger partial charge is 0.266 e. The number of amides is 2. The van der Waals surface area contributed by atoms with Gasteiger partial charge in [0.1, 0.15) is 4.32 Å². The van der Waals surface area contributed by atoms with E-state index in [2.05, 4.69) is 5.32 Å². The van der Waals surface area contributed by atoms with Gasteiger partial charge in [-0.2, -0.15) is 0 Å². The first-order valence-corrected chi connectivity index (χ1v) is 11.3. The van der Waals surface area contributed by atoms with Crippen LogP contribution in [0, 0.1) is 0 Å². The SMILES string of the molecule is O=C(CCCN1C(=O)/C(=C/c2ccc3c(c2)OCO3)SC1=S)Nc1cc(Cl)cc(Cl)c1. The van der Waals surface area contributed by atoms with Gasteiger partial charge in [0, 0.05) is 28.7 Å². The molecule has 1 saturated heterocycles. The first-order chi connectivity index (χ1) is 14.9. The predicted molar refractivity (Wildman–Crippen MR) is 127 cm³/mol. The third-order valence-corrected chi connectivity index (χ3v) is 6.31. The van der Waals surface area contributed by atoms with Crippen molar-refractivity contribution in [2.24, 2.45) is 0 Å². The Balaban J connectivity index is 1.32. The molecule has 0 atom stereocenters. The highest BCUT2D eigenvalue weighted by Gasteiger charge is 2.31. The summed E-state index contributed by atoms with van der Waals surface area (Å²) in [7, 11) is 0. The lowest BCUT2D eigenvalue weighted by molar-refractivity contribution is -0.122. The molecule has 0 aliphatic carbocycles. The Bertz CT molecular complexity index is 1090. The molecule has 1 N–H and O–H groups in total. The molecule has 10 heteroatoms. The van der Waals surface area contributed by atoms with Crippen molar-refractivity contribution in [3.63, 3.8) is 0 Å². The highest BCUT2D eigenvalue weighted by Crippen LogP contribution is 2.36. The molecule has 31 heavy (non-hydrogen) atoms. The fraction of sp³-hybridized carbons (Fsp3) is 0.190. The van der Waals surface area contributed by atoms with Crippen LogP contribution in [0.15, 0.2) is 41.3 Å². The van der Waals surface area contributed by atoms with Gasteiger partial charge in [-0.1, -0.05) is 53.2 Å². The average molecular weight is 495 g/mol. The largest absolute Gasteiger partial charge is 0.454 e. The van der Waals surface area contributed by atoms with Crippen LogP contribution in [0.4, 0.5) is 5.69 Å². The van der Waals surface area contributed by atoms with Crippen LogP contribution in [0.5, 0.6) is 11.5 Å². The normalized spacial score (nSPS) is 16.3. The van der Waals surface area contributed by atoms with Gasteiger partial charge in [0.25, 0.3) is 5.91 Å². The van der Waals surface area contributed by atoms with Gasteiger partial charge in [0.2, 0.25) is 12.7 Å². The number of benzene rings is 2. The molecule has 0 aromatic heterocycles. The van der Waals surface area contributed by atoms with Crippen LogP contribution >= 0.6 is 47.2 Å². The first-order valence-electron chi connectivity index (χ1n) is 9.30. The monoisotopic (exact) mass is 494 g/mol. The summed E-state index contributed by atoms with van der Waals surface area (Å²) < 4.78 is 11.1. The molecule has 0 saturated carbocycles. The van der Waals surface area contributed by atoms with E-state index in [1.165, 1.54) is 16.7 Å². The van der Waals surface area contributed by atoms with Crippen molar-refractivity contribution in [3.05, 3.63) is 56.9 Å². The van der Waals surface area contributed by atoms with Crippen molar-refractivity contribution in [1.29, 1.82) is 0 Å². The number of thioether (sulfide) groups is 1. The van der Waals surface area contributed by atoms with Crippen molar-refractivity contribution < 1.29 is 19.1 Å². The van der Waals surface area contributed by atoms with Gasteiger partial charge in [0.05, 0.1) is 4.91 Å². The number of rotatable bonds is 6. The molecular formula is C21H16Cl2N2O4S2. The highest BCUT2D eigenvalue weighted by molar-refractivity contribution is 8.26. The Morgan fingerprint density at radius 1 is 1.16 bits per heavy atom. The van der Waals surface area contributed by atoms with E-state index in [0.717, 1.165) is 5.56 Å². The van der Waals surface area contributed by atoms with Gasteiger partial charge in [-0.25, -0.2) is 0 Å². The van der Waals surface area contributed by atoms with Gasteiger partial charge in [-0.3, -0.25) is 14.5 Å². The van der Waals surface area contributed by atoms with Crippen molar-refractivity contribution in [2.75, 3.05) is 18.7 Å². The first kappa shape index (κ1) is 22.0. The number of carbonyl (C=O) groups is 2. The minimum Gasteiger partial charge on any atom is -0.454 e. The molecule has 0 bridgehead atoms. The van der Waals surface area contributed by atoms with Crippen LogP contribution in [-0.2, 0) is 9.59 Å². The van der Waals surface area contributed by atoms with Crippen molar-refractivity contribution in [3.8, 4) is 11.5 Å². The van der Waals surface area contributed by atoms with Gasteiger partial charge >= 0.3 is 0 Å². The Morgan fingerprint density at radius 2 is 1.90 bits per heavy atom. The van der Waals surface area contributed by atoms with E-state index >= 15 is 0 Å². The molecule has 2 heterocycles. The number of carbonyl (C=O) groups excluding carboxylic acids is 2. The molecule has 2 aliphatic heterocycles. The number of thiocarbonyl (C=S) groups is 1. The molecule has 4 rings (SSSR count). The zero-order valence-corrected chi connectivity index (χ0v) is 19.2. The molecule has 0 unspecified atom stereocenters. The third-order valence-electron chi connectivity index (χ3n) is 4.50. The second-order valence-corrected chi connectivity index (χ2v) is 9.30. The third kappa shape index (κ3) is 5.33. The summed E-state index contributed by atoms with van der Waals surface area (Å²) in [6, 6.07) is 10.3. The van der Waals surface area contributed by atoms with E-state index in [1.54, 1.807) is 30.3 Å². The van der Waals surface area contributed by atoms with E-state index in [1.807, 2.05) is 12.1 Å². The molecule has 2 amide bonds. The second kappa shape index (κ2) is 9.48. The highest BCUT2D eigenvalue weighted by atomic mass is 35.5. The summed E-state index contributed by atoms with van der Waals surface area (Å²) >= 11 is 18.5. The number of hydrogen-bond donors (Lipinski definition) is 1. The number of hydrogen-bond acceptors (Lipinski definition) is 6. The lowest BCUT2D eigenvalue weighted by atomic mass is 10.2. The van der Waals surface area contributed by atoms with Crippen LogP contribution in [0.1, 0.15) is 18.4 Å². The van der Waals surface area contributed by atoms with E-state index in [4.69, 9.17) is 44.9 Å². The topological polar surface area (TPSA) is 67.9 Å². The molecule has 0 spiro atoms. The lowest BCUT2D eigenvalue weighted by Crippen LogP contribution is -2.29. The van der Waals surface area contributed by atoms with Crippen LogP contribution in [-0.4, -0.2) is 34.4 Å². The van der Waals surface area contributed by atoms with E-state index in [0.29, 0.717) is 49.4 Å². The number of halogens is 2. The number of ether oxygens (including phenoxy) is 2. The van der Waals surface area contributed by atoms with Crippen molar-refractivity contribution in [2.45, 2.75) is 12.8 Å². The van der Waals surface area contributed by atoms with E-state index in [9.17, 15) is 9.59 Å². The van der Waals surface area contributed by atoms with Crippen LogP contribution in [0.25, 0.3) is 6.08 Å². The molecular weight excluding hydrogens is 479 g/mol. The zero-order valence-electron chi connectivity index (χ0n) is 16.0. The van der Waals surface area contributed by atoms with Gasteiger partial charge in [-0.15, -0.1) is 0 Å². The summed E-state index contributed by atoms with van der Waals surface area (Å²) in [5.74, 6) is 0.966. The van der Waals surface area contributed by atoms with Crippen molar-refractivity contribution >= 4 is 75.1 Å². The molecule has 2 aromatic rings. The second-order valence-electron chi connectivity index (χ2n) is 6.76. The van der Waals surface area contributed by atoms with Crippen LogP contribution in [0.2, 0.25) is 10.0 Å². The molecule has 1 fully saturated rings. The van der Waals surface area contributed by atoms with E-state index < -0.39 is 0 Å². The molecule has 2 aliphatic rings. The lowest BCUT2D eigenvalue weighted by Gasteiger charge is -2.14. The summed E-state index contributed by atoms with van der Waals surface area (Å²) in [5, 5.41) is 3.63. The van der Waals surface area contributed by atoms with Crippen molar-refractivity contribution in [1.82, 2.24) is 4.90 Å². The number of nitrogens with zero attached hydrogens (tertiary/aromatic N) is 1. The standard InChI is InChI=1S/C21H16Cl2N2O4S2/c22-13-8-14(23)10-15(9-13)24-19(26)2-1-5-25-20(27)18(31-21(25)30)7-12-3-4-16-17(6-12)29-11-28-16/h3-4,6-10H,1-2,5,11H2,(H,24,26)/b18-7-. The minimum absolute atomic E-state index is 0.172. The summed E-state index contributed by atoms with van der Waals surface area (Å²) in [6.45, 7) is 0.547. The predicted octanol–water partition coefficient (Wildman–Crippen LogP) is 5.34. The molecule has 0 radical (unpaired) electrons. The Hall–Kier alpha value is -2.26.